The highest BCUT2D eigenvalue weighted by Gasteiger charge is 2.31. The van der Waals surface area contributed by atoms with Crippen molar-refractivity contribution in [2.75, 3.05) is 13.1 Å². The highest BCUT2D eigenvalue weighted by atomic mass is 19.1. The van der Waals surface area contributed by atoms with Crippen LogP contribution in [-0.2, 0) is 11.3 Å². The number of amides is 1. The summed E-state index contributed by atoms with van der Waals surface area (Å²) in [5, 5.41) is 14.7. The van der Waals surface area contributed by atoms with Gasteiger partial charge in [-0.3, -0.25) is 4.79 Å². The van der Waals surface area contributed by atoms with Crippen LogP contribution in [0.25, 0.3) is 10.9 Å². The number of carbonyl (C=O) groups excluding carboxylic acids is 1. The SMILES string of the molecule is O=C1C(NCC(O)c2c[nH]c3ccccc23)CCN1Cc1ccc(F)cc1. The van der Waals surface area contributed by atoms with Crippen molar-refractivity contribution in [2.45, 2.75) is 25.1 Å². The van der Waals surface area contributed by atoms with Gasteiger partial charge in [0, 0.05) is 42.3 Å². The molecule has 1 aromatic heterocycles. The monoisotopic (exact) mass is 367 g/mol. The molecule has 2 aromatic carbocycles. The predicted molar refractivity (Wildman–Crippen MR) is 101 cm³/mol. The molecule has 5 nitrogen and oxygen atoms in total. The molecule has 0 radical (unpaired) electrons. The number of carbonyl (C=O) groups is 1. The van der Waals surface area contributed by atoms with E-state index in [-0.39, 0.29) is 17.8 Å². The third-order valence-corrected chi connectivity index (χ3v) is 5.12. The molecular formula is C21H22FN3O2. The van der Waals surface area contributed by atoms with Gasteiger partial charge in [0.25, 0.3) is 0 Å². The largest absolute Gasteiger partial charge is 0.387 e. The molecule has 1 aliphatic rings. The van der Waals surface area contributed by atoms with Crippen LogP contribution in [0.1, 0.15) is 23.7 Å². The Morgan fingerprint density at radius 2 is 2.00 bits per heavy atom. The molecule has 0 saturated carbocycles. The van der Waals surface area contributed by atoms with E-state index in [2.05, 4.69) is 10.3 Å². The fourth-order valence-corrected chi connectivity index (χ4v) is 3.63. The number of fused-ring (bicyclic) bond motifs is 1. The molecule has 2 heterocycles. The minimum atomic E-state index is -0.694. The summed E-state index contributed by atoms with van der Waals surface area (Å²) in [6.07, 6.45) is 1.81. The Morgan fingerprint density at radius 1 is 1.22 bits per heavy atom. The highest BCUT2D eigenvalue weighted by molar-refractivity contribution is 5.84. The lowest BCUT2D eigenvalue weighted by Crippen LogP contribution is -2.39. The summed E-state index contributed by atoms with van der Waals surface area (Å²) in [7, 11) is 0. The second-order valence-corrected chi connectivity index (χ2v) is 6.94. The third-order valence-electron chi connectivity index (χ3n) is 5.12. The zero-order valence-corrected chi connectivity index (χ0v) is 14.9. The van der Waals surface area contributed by atoms with Gasteiger partial charge in [0.05, 0.1) is 12.1 Å². The third kappa shape index (κ3) is 3.72. The number of aromatic nitrogens is 1. The number of H-pyrrole nitrogens is 1. The van der Waals surface area contributed by atoms with E-state index in [9.17, 15) is 14.3 Å². The van der Waals surface area contributed by atoms with Gasteiger partial charge in [0.2, 0.25) is 5.91 Å². The Hall–Kier alpha value is -2.70. The number of nitrogens with one attached hydrogen (secondary N) is 2. The lowest BCUT2D eigenvalue weighted by molar-refractivity contribution is -0.130. The van der Waals surface area contributed by atoms with Crippen LogP contribution in [0.2, 0.25) is 0 Å². The van der Waals surface area contributed by atoms with Crippen molar-refractivity contribution in [3.05, 3.63) is 71.7 Å². The van der Waals surface area contributed by atoms with Gasteiger partial charge in [-0.1, -0.05) is 30.3 Å². The summed E-state index contributed by atoms with van der Waals surface area (Å²) in [5.41, 5.74) is 2.71. The fourth-order valence-electron chi connectivity index (χ4n) is 3.63. The van der Waals surface area contributed by atoms with Gasteiger partial charge in [0.1, 0.15) is 5.82 Å². The molecule has 0 spiro atoms. The van der Waals surface area contributed by atoms with E-state index in [1.807, 2.05) is 30.5 Å². The van der Waals surface area contributed by atoms with Crippen molar-refractivity contribution in [3.63, 3.8) is 0 Å². The van der Waals surface area contributed by atoms with E-state index in [0.717, 1.165) is 22.0 Å². The number of aliphatic hydroxyl groups is 1. The van der Waals surface area contributed by atoms with Gasteiger partial charge >= 0.3 is 0 Å². The number of aromatic amines is 1. The maximum Gasteiger partial charge on any atom is 0.240 e. The smallest absolute Gasteiger partial charge is 0.240 e. The van der Waals surface area contributed by atoms with Gasteiger partial charge in [-0.25, -0.2) is 4.39 Å². The Labute approximate surface area is 156 Å². The molecule has 1 saturated heterocycles. The molecule has 6 heteroatoms. The van der Waals surface area contributed by atoms with E-state index in [1.165, 1.54) is 12.1 Å². The van der Waals surface area contributed by atoms with Crippen molar-refractivity contribution in [3.8, 4) is 0 Å². The van der Waals surface area contributed by atoms with Crippen LogP contribution in [0.15, 0.2) is 54.7 Å². The number of aliphatic hydroxyl groups excluding tert-OH is 1. The van der Waals surface area contributed by atoms with Gasteiger partial charge in [-0.15, -0.1) is 0 Å². The number of halogens is 1. The molecule has 3 N–H and O–H groups in total. The lowest BCUT2D eigenvalue weighted by atomic mass is 10.1. The second-order valence-electron chi connectivity index (χ2n) is 6.94. The minimum absolute atomic E-state index is 0.0189. The molecule has 27 heavy (non-hydrogen) atoms. The minimum Gasteiger partial charge on any atom is -0.387 e. The maximum absolute atomic E-state index is 13.0. The lowest BCUT2D eigenvalue weighted by Gasteiger charge is -2.18. The summed E-state index contributed by atoms with van der Waals surface area (Å²) in [6, 6.07) is 13.7. The zero-order valence-electron chi connectivity index (χ0n) is 14.9. The zero-order chi connectivity index (χ0) is 18.8. The second kappa shape index (κ2) is 7.50. The number of rotatable bonds is 6. The molecule has 2 unspecified atom stereocenters. The number of likely N-dealkylation sites (tertiary alicyclic amines) is 1. The first-order chi connectivity index (χ1) is 13.1. The summed E-state index contributed by atoms with van der Waals surface area (Å²) >= 11 is 0. The van der Waals surface area contributed by atoms with Gasteiger partial charge in [0.15, 0.2) is 0 Å². The summed E-state index contributed by atoms with van der Waals surface area (Å²) in [6.45, 7) is 1.43. The molecule has 0 aliphatic carbocycles. The number of hydrogen-bond donors (Lipinski definition) is 3. The van der Waals surface area contributed by atoms with Crippen molar-refractivity contribution < 1.29 is 14.3 Å². The van der Waals surface area contributed by atoms with E-state index in [0.29, 0.717) is 26.1 Å². The van der Waals surface area contributed by atoms with Crippen LogP contribution < -0.4 is 5.32 Å². The Balaban J connectivity index is 1.35. The van der Waals surface area contributed by atoms with Crippen LogP contribution in [0.3, 0.4) is 0 Å². The first kappa shape index (κ1) is 17.7. The van der Waals surface area contributed by atoms with E-state index < -0.39 is 6.10 Å². The first-order valence-electron chi connectivity index (χ1n) is 9.12. The Kier molecular flexibility index (Phi) is 4.92. The van der Waals surface area contributed by atoms with E-state index in [4.69, 9.17) is 0 Å². The molecule has 3 aromatic rings. The molecule has 2 atom stereocenters. The fraction of sp³-hybridized carbons (Fsp3) is 0.286. The van der Waals surface area contributed by atoms with Crippen molar-refractivity contribution >= 4 is 16.8 Å². The van der Waals surface area contributed by atoms with Crippen LogP contribution >= 0.6 is 0 Å². The average molecular weight is 367 g/mol. The predicted octanol–water partition coefficient (Wildman–Crippen LogP) is 2.73. The molecule has 1 amide bonds. The molecule has 140 valence electrons. The summed E-state index contributed by atoms with van der Waals surface area (Å²) in [5.74, 6) is -0.261. The molecule has 1 aliphatic heterocycles. The summed E-state index contributed by atoms with van der Waals surface area (Å²) < 4.78 is 13.0. The van der Waals surface area contributed by atoms with Crippen molar-refractivity contribution in [2.24, 2.45) is 0 Å². The highest BCUT2D eigenvalue weighted by Crippen LogP contribution is 2.24. The van der Waals surface area contributed by atoms with Gasteiger partial charge in [-0.05, 0) is 30.2 Å². The van der Waals surface area contributed by atoms with Gasteiger partial charge in [-0.2, -0.15) is 0 Å². The average Bonchev–Trinajstić information content (AvgIpc) is 3.26. The van der Waals surface area contributed by atoms with Crippen LogP contribution in [0, 0.1) is 5.82 Å². The van der Waals surface area contributed by atoms with Crippen molar-refractivity contribution in [1.29, 1.82) is 0 Å². The molecule has 1 fully saturated rings. The summed E-state index contributed by atoms with van der Waals surface area (Å²) in [4.78, 5) is 17.5. The number of nitrogens with zero attached hydrogens (tertiary/aromatic N) is 1. The van der Waals surface area contributed by atoms with Crippen molar-refractivity contribution in [1.82, 2.24) is 15.2 Å². The standard InChI is InChI=1S/C21H22FN3O2/c22-15-7-5-14(6-8-15)13-25-10-9-19(21(25)27)24-12-20(26)17-11-23-18-4-2-1-3-16(17)18/h1-8,11,19-20,23-24,26H,9-10,12-13H2. The van der Waals surface area contributed by atoms with Crippen LogP contribution in [-0.4, -0.2) is 40.0 Å². The first-order valence-corrected chi connectivity index (χ1v) is 9.12. The molecular weight excluding hydrogens is 345 g/mol. The normalized spacial score (nSPS) is 18.4. The number of hydrogen-bond acceptors (Lipinski definition) is 3. The Morgan fingerprint density at radius 3 is 2.81 bits per heavy atom. The van der Waals surface area contributed by atoms with Crippen LogP contribution in [0.4, 0.5) is 4.39 Å². The van der Waals surface area contributed by atoms with Gasteiger partial charge < -0.3 is 20.3 Å². The number of benzene rings is 2. The molecule has 0 bridgehead atoms. The number of para-hydroxylation sites is 1. The molecule has 4 rings (SSSR count). The quantitative estimate of drug-likeness (QED) is 0.628. The Bertz CT molecular complexity index is 938. The van der Waals surface area contributed by atoms with Crippen LogP contribution in [0.5, 0.6) is 0 Å². The maximum atomic E-state index is 13.0. The van der Waals surface area contributed by atoms with E-state index in [1.54, 1.807) is 17.0 Å². The van der Waals surface area contributed by atoms with E-state index >= 15 is 0 Å². The topological polar surface area (TPSA) is 68.4 Å².